The molecule has 5 heteroatoms. The molecule has 1 heterocycles. The number of carbonyl (C=O) groups excluding carboxylic acids is 1. The fourth-order valence-corrected chi connectivity index (χ4v) is 4.15. The van der Waals surface area contributed by atoms with Crippen LogP contribution in [-0.2, 0) is 13.0 Å². The van der Waals surface area contributed by atoms with Gasteiger partial charge >= 0.3 is 0 Å². The number of hydrogen-bond donors (Lipinski definition) is 1. The number of fused-ring (bicyclic) bond motifs is 3. The summed E-state index contributed by atoms with van der Waals surface area (Å²) in [5.41, 5.74) is 10.6. The van der Waals surface area contributed by atoms with E-state index in [4.69, 9.17) is 28.9 Å². The number of nitrogens with two attached hydrogens (primary N) is 1. The van der Waals surface area contributed by atoms with Crippen LogP contribution in [0.3, 0.4) is 0 Å². The average Bonchev–Trinajstić information content (AvgIpc) is 2.98. The predicted octanol–water partition coefficient (Wildman–Crippen LogP) is 6.20. The van der Waals surface area contributed by atoms with Gasteiger partial charge in [-0.3, -0.25) is 4.79 Å². The number of halogens is 2. The number of aromatic nitrogens is 1. The van der Waals surface area contributed by atoms with E-state index in [9.17, 15) is 4.79 Å². The zero-order valence-corrected chi connectivity index (χ0v) is 17.0. The summed E-state index contributed by atoms with van der Waals surface area (Å²) in [6, 6.07) is 17.8. The number of rotatable bonds is 5. The molecule has 0 radical (unpaired) electrons. The van der Waals surface area contributed by atoms with Crippen molar-refractivity contribution >= 4 is 50.9 Å². The molecule has 0 fully saturated rings. The number of hydrogen-bond acceptors (Lipinski definition) is 1. The largest absolute Gasteiger partial charge is 0.366 e. The highest BCUT2D eigenvalue weighted by atomic mass is 35.5. The van der Waals surface area contributed by atoms with Crippen molar-refractivity contribution in [3.05, 3.63) is 81.3 Å². The van der Waals surface area contributed by atoms with Gasteiger partial charge in [-0.1, -0.05) is 60.8 Å². The van der Waals surface area contributed by atoms with E-state index in [0.29, 0.717) is 22.2 Å². The highest BCUT2D eigenvalue weighted by Crippen LogP contribution is 2.34. The summed E-state index contributed by atoms with van der Waals surface area (Å²) in [7, 11) is 0. The van der Waals surface area contributed by atoms with Gasteiger partial charge in [0.25, 0.3) is 0 Å². The van der Waals surface area contributed by atoms with Crippen molar-refractivity contribution in [1.82, 2.24) is 4.57 Å². The Morgan fingerprint density at radius 3 is 2.46 bits per heavy atom. The van der Waals surface area contributed by atoms with Crippen molar-refractivity contribution in [1.29, 1.82) is 0 Å². The Labute approximate surface area is 173 Å². The number of nitrogens with zero attached hydrogens (tertiary/aromatic N) is 1. The fourth-order valence-electron chi connectivity index (χ4n) is 3.83. The molecular weight excluding hydrogens is 391 g/mol. The molecule has 0 bridgehead atoms. The van der Waals surface area contributed by atoms with Gasteiger partial charge in [0.05, 0.1) is 15.6 Å². The van der Waals surface area contributed by atoms with Crippen LogP contribution in [0.25, 0.3) is 21.8 Å². The molecule has 4 aromatic rings. The van der Waals surface area contributed by atoms with E-state index in [1.807, 2.05) is 30.3 Å². The molecule has 2 N–H and O–H groups in total. The van der Waals surface area contributed by atoms with Gasteiger partial charge in [-0.2, -0.15) is 0 Å². The Morgan fingerprint density at radius 2 is 1.75 bits per heavy atom. The molecule has 0 saturated heterocycles. The molecule has 0 atom stereocenters. The third-order valence-corrected chi connectivity index (χ3v) is 5.82. The van der Waals surface area contributed by atoms with Gasteiger partial charge in [0.15, 0.2) is 0 Å². The molecule has 1 aromatic heterocycles. The van der Waals surface area contributed by atoms with Crippen LogP contribution in [0.1, 0.15) is 34.8 Å². The lowest BCUT2D eigenvalue weighted by Crippen LogP contribution is -2.11. The number of aryl methyl sites for hydroxylation is 1. The third-order valence-electron chi connectivity index (χ3n) is 5.08. The van der Waals surface area contributed by atoms with Gasteiger partial charge in [-0.25, -0.2) is 0 Å². The van der Waals surface area contributed by atoms with Crippen molar-refractivity contribution in [3.63, 3.8) is 0 Å². The van der Waals surface area contributed by atoms with Crippen molar-refractivity contribution in [2.75, 3.05) is 0 Å². The molecule has 3 aromatic carbocycles. The molecule has 0 spiro atoms. The molecule has 4 rings (SSSR count). The van der Waals surface area contributed by atoms with Crippen molar-refractivity contribution in [3.8, 4) is 0 Å². The molecule has 0 unspecified atom stereocenters. The first-order chi connectivity index (χ1) is 13.5. The highest BCUT2D eigenvalue weighted by Gasteiger charge is 2.17. The fraction of sp³-hybridized carbons (Fsp3) is 0.174. The lowest BCUT2D eigenvalue weighted by Gasteiger charge is -2.10. The topological polar surface area (TPSA) is 48.0 Å². The van der Waals surface area contributed by atoms with Gasteiger partial charge in [-0.15, -0.1) is 0 Å². The van der Waals surface area contributed by atoms with Crippen molar-refractivity contribution < 1.29 is 4.79 Å². The Hall–Kier alpha value is -2.49. The maximum Gasteiger partial charge on any atom is 0.249 e. The van der Waals surface area contributed by atoms with Crippen LogP contribution >= 0.6 is 23.2 Å². The first-order valence-corrected chi connectivity index (χ1v) is 10.0. The lowest BCUT2D eigenvalue weighted by molar-refractivity contribution is 0.100. The van der Waals surface area contributed by atoms with Crippen LogP contribution in [0, 0.1) is 0 Å². The van der Waals surface area contributed by atoms with E-state index >= 15 is 0 Å². The Bertz CT molecular complexity index is 1210. The number of amides is 1. The summed E-state index contributed by atoms with van der Waals surface area (Å²) in [5.74, 6) is -0.420. The predicted molar refractivity (Wildman–Crippen MR) is 118 cm³/mol. The van der Waals surface area contributed by atoms with Crippen LogP contribution in [0.4, 0.5) is 0 Å². The molecule has 142 valence electrons. The Morgan fingerprint density at radius 1 is 0.964 bits per heavy atom. The zero-order valence-electron chi connectivity index (χ0n) is 15.5. The van der Waals surface area contributed by atoms with Crippen LogP contribution in [-0.4, -0.2) is 10.5 Å². The van der Waals surface area contributed by atoms with Gasteiger partial charge in [0, 0.05) is 28.4 Å². The van der Waals surface area contributed by atoms with E-state index in [1.54, 1.807) is 6.07 Å². The number of primary amides is 1. The summed E-state index contributed by atoms with van der Waals surface area (Å²) >= 11 is 12.3. The van der Waals surface area contributed by atoms with Gasteiger partial charge < -0.3 is 10.3 Å². The van der Waals surface area contributed by atoms with Crippen LogP contribution in [0.15, 0.2) is 54.6 Å². The van der Waals surface area contributed by atoms with Crippen LogP contribution in [0.2, 0.25) is 10.0 Å². The van der Waals surface area contributed by atoms with Gasteiger partial charge in [0.2, 0.25) is 5.91 Å². The summed E-state index contributed by atoms with van der Waals surface area (Å²) in [6.45, 7) is 2.79. The van der Waals surface area contributed by atoms with E-state index < -0.39 is 5.91 Å². The van der Waals surface area contributed by atoms with E-state index in [-0.39, 0.29) is 0 Å². The molecule has 0 saturated carbocycles. The SMILES string of the molecule is CCCc1ccc2c3c(C(N)=O)cccc3n(Cc3ccc(Cl)c(Cl)c3)c2c1. The molecule has 28 heavy (non-hydrogen) atoms. The van der Waals surface area contributed by atoms with Crippen molar-refractivity contribution in [2.45, 2.75) is 26.3 Å². The standard InChI is InChI=1S/C23H20Cl2N2O/c1-2-4-14-7-9-16-21(12-14)27(13-15-8-10-18(24)19(25)11-15)20-6-3-5-17(22(16)20)23(26)28/h3,5-12H,2,4,13H2,1H3,(H2,26,28). The summed E-state index contributed by atoms with van der Waals surface area (Å²) in [4.78, 5) is 12.1. The molecule has 0 aliphatic rings. The summed E-state index contributed by atoms with van der Waals surface area (Å²) < 4.78 is 2.22. The van der Waals surface area contributed by atoms with Crippen LogP contribution < -0.4 is 5.73 Å². The first-order valence-electron chi connectivity index (χ1n) is 9.27. The normalized spacial score (nSPS) is 11.4. The molecule has 0 aliphatic carbocycles. The second-order valence-electron chi connectivity index (χ2n) is 7.00. The van der Waals surface area contributed by atoms with E-state index in [1.165, 1.54) is 5.56 Å². The average molecular weight is 411 g/mol. The third kappa shape index (κ3) is 3.25. The molecule has 1 amide bonds. The Balaban J connectivity index is 2.00. The highest BCUT2D eigenvalue weighted by molar-refractivity contribution is 6.42. The minimum Gasteiger partial charge on any atom is -0.366 e. The number of benzene rings is 3. The smallest absolute Gasteiger partial charge is 0.249 e. The number of carbonyl (C=O) groups is 1. The van der Waals surface area contributed by atoms with Gasteiger partial charge in [-0.05, 0) is 47.9 Å². The quantitative estimate of drug-likeness (QED) is 0.418. The Kier molecular flexibility index (Phi) is 5.05. The summed E-state index contributed by atoms with van der Waals surface area (Å²) in [6.07, 6.45) is 2.08. The van der Waals surface area contributed by atoms with Crippen molar-refractivity contribution in [2.24, 2.45) is 5.73 Å². The second-order valence-corrected chi connectivity index (χ2v) is 7.81. The minimum absolute atomic E-state index is 0.420. The van der Waals surface area contributed by atoms with Gasteiger partial charge in [0.1, 0.15) is 0 Å². The maximum atomic E-state index is 12.1. The summed E-state index contributed by atoms with van der Waals surface area (Å²) in [5, 5.41) is 3.00. The van der Waals surface area contributed by atoms with E-state index in [0.717, 1.165) is 40.2 Å². The lowest BCUT2D eigenvalue weighted by atomic mass is 10.0. The monoisotopic (exact) mass is 410 g/mol. The van der Waals surface area contributed by atoms with Crippen LogP contribution in [0.5, 0.6) is 0 Å². The van der Waals surface area contributed by atoms with E-state index in [2.05, 4.69) is 29.7 Å². The zero-order chi connectivity index (χ0) is 19.8. The molecule has 0 aliphatic heterocycles. The minimum atomic E-state index is -0.420. The maximum absolute atomic E-state index is 12.1. The molecule has 3 nitrogen and oxygen atoms in total. The second kappa shape index (κ2) is 7.50. The first kappa shape index (κ1) is 18.9. The molecular formula is C23H20Cl2N2O.